The summed E-state index contributed by atoms with van der Waals surface area (Å²) in [6, 6.07) is 3.41. The lowest BCUT2D eigenvalue weighted by Crippen LogP contribution is -2.32. The van der Waals surface area contributed by atoms with Gasteiger partial charge in [0.1, 0.15) is 6.54 Å². The Morgan fingerprint density at radius 1 is 1.46 bits per heavy atom. The molecule has 1 unspecified atom stereocenters. The SMILES string of the molecule is Cc1ccn(CC(=O)N2CCC(c3cc(=O)[nH]c(N(C)C)n3)C2)n1. The van der Waals surface area contributed by atoms with Gasteiger partial charge in [-0.2, -0.15) is 5.10 Å². The zero-order chi connectivity index (χ0) is 17.3. The fourth-order valence-corrected chi connectivity index (χ4v) is 2.90. The van der Waals surface area contributed by atoms with Gasteiger partial charge in [0.2, 0.25) is 11.9 Å². The minimum Gasteiger partial charge on any atom is -0.348 e. The van der Waals surface area contributed by atoms with Gasteiger partial charge in [0.05, 0.1) is 11.4 Å². The fraction of sp³-hybridized carbons (Fsp3) is 0.500. The number of aromatic nitrogens is 4. The molecule has 0 aromatic carbocycles. The number of likely N-dealkylation sites (tertiary alicyclic amines) is 1. The van der Waals surface area contributed by atoms with Crippen molar-refractivity contribution in [1.29, 1.82) is 0 Å². The average molecular weight is 330 g/mol. The minimum absolute atomic E-state index is 0.0401. The van der Waals surface area contributed by atoms with E-state index in [1.54, 1.807) is 9.58 Å². The van der Waals surface area contributed by atoms with Crippen LogP contribution >= 0.6 is 0 Å². The molecule has 0 bridgehead atoms. The van der Waals surface area contributed by atoms with Crippen molar-refractivity contribution in [3.63, 3.8) is 0 Å². The third kappa shape index (κ3) is 3.47. The van der Waals surface area contributed by atoms with Crippen LogP contribution < -0.4 is 10.5 Å². The topological polar surface area (TPSA) is 87.1 Å². The third-order valence-corrected chi connectivity index (χ3v) is 4.20. The molecule has 1 aliphatic heterocycles. The molecule has 1 saturated heterocycles. The van der Waals surface area contributed by atoms with Crippen LogP contribution in [-0.2, 0) is 11.3 Å². The van der Waals surface area contributed by atoms with E-state index >= 15 is 0 Å². The van der Waals surface area contributed by atoms with Crippen LogP contribution in [-0.4, -0.2) is 57.7 Å². The van der Waals surface area contributed by atoms with Crippen LogP contribution in [0.1, 0.15) is 23.7 Å². The van der Waals surface area contributed by atoms with E-state index in [1.807, 2.05) is 38.2 Å². The van der Waals surface area contributed by atoms with Gasteiger partial charge >= 0.3 is 0 Å². The molecule has 24 heavy (non-hydrogen) atoms. The first-order chi connectivity index (χ1) is 11.4. The second-order valence-electron chi connectivity index (χ2n) is 6.37. The van der Waals surface area contributed by atoms with Gasteiger partial charge in [-0.15, -0.1) is 0 Å². The van der Waals surface area contributed by atoms with E-state index < -0.39 is 0 Å². The molecule has 0 spiro atoms. The molecule has 1 aliphatic rings. The quantitative estimate of drug-likeness (QED) is 0.874. The van der Waals surface area contributed by atoms with E-state index in [1.165, 1.54) is 6.07 Å². The monoisotopic (exact) mass is 330 g/mol. The number of anilines is 1. The van der Waals surface area contributed by atoms with Crippen molar-refractivity contribution in [3.8, 4) is 0 Å². The van der Waals surface area contributed by atoms with E-state index in [0.29, 0.717) is 19.0 Å². The molecule has 1 atom stereocenters. The Bertz CT molecular complexity index is 794. The van der Waals surface area contributed by atoms with Crippen LogP contribution in [0, 0.1) is 6.92 Å². The maximum Gasteiger partial charge on any atom is 0.252 e. The van der Waals surface area contributed by atoms with Crippen molar-refractivity contribution in [3.05, 3.63) is 40.1 Å². The molecule has 1 amide bonds. The number of amides is 1. The van der Waals surface area contributed by atoms with Crippen LogP contribution in [0.2, 0.25) is 0 Å². The number of aromatic amines is 1. The van der Waals surface area contributed by atoms with Crippen LogP contribution in [0.25, 0.3) is 0 Å². The standard InChI is InChI=1S/C16H22N6O2/c1-11-4-7-22(19-11)10-15(24)21-6-5-12(9-21)13-8-14(23)18-16(17-13)20(2)3/h4,7-8,12H,5-6,9-10H2,1-3H3,(H,17,18,23). The normalized spacial score (nSPS) is 17.3. The van der Waals surface area contributed by atoms with Gasteiger partial charge in [0.25, 0.3) is 5.56 Å². The van der Waals surface area contributed by atoms with Gasteiger partial charge in [-0.1, -0.05) is 0 Å². The highest BCUT2D eigenvalue weighted by molar-refractivity contribution is 5.76. The highest BCUT2D eigenvalue weighted by Gasteiger charge is 2.29. The summed E-state index contributed by atoms with van der Waals surface area (Å²) in [7, 11) is 3.66. The molecule has 0 saturated carbocycles. The fourth-order valence-electron chi connectivity index (χ4n) is 2.90. The summed E-state index contributed by atoms with van der Waals surface area (Å²) in [6.45, 7) is 3.40. The van der Waals surface area contributed by atoms with E-state index in [2.05, 4.69) is 15.1 Å². The molecule has 1 N–H and O–H groups in total. The summed E-state index contributed by atoms with van der Waals surface area (Å²) in [5.74, 6) is 0.668. The molecule has 0 radical (unpaired) electrons. The zero-order valence-corrected chi connectivity index (χ0v) is 14.2. The molecule has 8 heteroatoms. The van der Waals surface area contributed by atoms with Crippen LogP contribution in [0.15, 0.2) is 23.1 Å². The lowest BCUT2D eigenvalue weighted by molar-refractivity contribution is -0.131. The number of rotatable bonds is 4. The molecule has 2 aromatic rings. The summed E-state index contributed by atoms with van der Waals surface area (Å²) < 4.78 is 1.65. The summed E-state index contributed by atoms with van der Waals surface area (Å²) in [5, 5.41) is 4.25. The number of nitrogens with one attached hydrogen (secondary N) is 1. The van der Waals surface area contributed by atoms with Crippen LogP contribution in [0.4, 0.5) is 5.95 Å². The Hall–Kier alpha value is -2.64. The number of carbonyl (C=O) groups is 1. The van der Waals surface area contributed by atoms with Crippen LogP contribution in [0.3, 0.4) is 0 Å². The van der Waals surface area contributed by atoms with Crippen molar-refractivity contribution in [2.24, 2.45) is 0 Å². The highest BCUT2D eigenvalue weighted by Crippen LogP contribution is 2.26. The number of aryl methyl sites for hydroxylation is 1. The van der Waals surface area contributed by atoms with E-state index in [0.717, 1.165) is 17.8 Å². The average Bonchev–Trinajstić information content (AvgIpc) is 3.16. The number of hydrogen-bond acceptors (Lipinski definition) is 5. The van der Waals surface area contributed by atoms with E-state index in [-0.39, 0.29) is 23.9 Å². The Morgan fingerprint density at radius 2 is 2.25 bits per heavy atom. The first-order valence-electron chi connectivity index (χ1n) is 7.99. The number of nitrogens with zero attached hydrogens (tertiary/aromatic N) is 5. The molecule has 0 aliphatic carbocycles. The smallest absolute Gasteiger partial charge is 0.252 e. The molecule has 3 rings (SSSR count). The molecule has 1 fully saturated rings. The van der Waals surface area contributed by atoms with Gasteiger partial charge in [-0.05, 0) is 19.4 Å². The third-order valence-electron chi connectivity index (χ3n) is 4.20. The Kier molecular flexibility index (Phi) is 4.37. The first-order valence-corrected chi connectivity index (χ1v) is 7.99. The predicted molar refractivity (Wildman–Crippen MR) is 90.1 cm³/mol. The van der Waals surface area contributed by atoms with Crippen LogP contribution in [0.5, 0.6) is 0 Å². The Morgan fingerprint density at radius 3 is 2.92 bits per heavy atom. The zero-order valence-electron chi connectivity index (χ0n) is 14.2. The summed E-state index contributed by atoms with van der Waals surface area (Å²) in [5.41, 5.74) is 1.47. The Labute approximate surface area is 140 Å². The summed E-state index contributed by atoms with van der Waals surface area (Å²) in [4.78, 5) is 35.0. The number of H-pyrrole nitrogens is 1. The van der Waals surface area contributed by atoms with Gasteiger partial charge in [-0.3, -0.25) is 19.3 Å². The summed E-state index contributed by atoms with van der Waals surface area (Å²) in [6.07, 6.45) is 2.62. The molecule has 128 valence electrons. The van der Waals surface area contributed by atoms with Gasteiger partial charge in [0, 0.05) is 45.4 Å². The number of hydrogen-bond donors (Lipinski definition) is 1. The lowest BCUT2D eigenvalue weighted by Gasteiger charge is -2.17. The van der Waals surface area contributed by atoms with E-state index in [4.69, 9.17) is 0 Å². The second-order valence-corrected chi connectivity index (χ2v) is 6.37. The van der Waals surface area contributed by atoms with E-state index in [9.17, 15) is 9.59 Å². The second kappa shape index (κ2) is 6.46. The summed E-state index contributed by atoms with van der Waals surface area (Å²) >= 11 is 0. The van der Waals surface area contributed by atoms with Crippen molar-refractivity contribution in [2.45, 2.75) is 25.8 Å². The minimum atomic E-state index is -0.166. The number of carbonyl (C=O) groups excluding carboxylic acids is 1. The van der Waals surface area contributed by atoms with Crippen molar-refractivity contribution >= 4 is 11.9 Å². The van der Waals surface area contributed by atoms with Gasteiger partial charge < -0.3 is 9.80 Å². The first kappa shape index (κ1) is 16.2. The Balaban J connectivity index is 1.69. The van der Waals surface area contributed by atoms with Gasteiger partial charge in [-0.25, -0.2) is 4.98 Å². The van der Waals surface area contributed by atoms with Crippen molar-refractivity contribution in [2.75, 3.05) is 32.1 Å². The van der Waals surface area contributed by atoms with Crippen molar-refractivity contribution in [1.82, 2.24) is 24.6 Å². The molecule has 2 aromatic heterocycles. The molecule has 8 nitrogen and oxygen atoms in total. The maximum atomic E-state index is 12.4. The molecular formula is C16H22N6O2. The highest BCUT2D eigenvalue weighted by atomic mass is 16.2. The maximum absolute atomic E-state index is 12.4. The molecular weight excluding hydrogens is 308 g/mol. The van der Waals surface area contributed by atoms with Crippen molar-refractivity contribution < 1.29 is 4.79 Å². The predicted octanol–water partition coefficient (Wildman–Crippen LogP) is 0.357. The lowest BCUT2D eigenvalue weighted by atomic mass is 10.1. The molecule has 3 heterocycles. The van der Waals surface area contributed by atoms with Gasteiger partial charge in [0.15, 0.2) is 0 Å². The largest absolute Gasteiger partial charge is 0.348 e.